The Hall–Kier alpha value is -1.78. The van der Waals surface area contributed by atoms with Crippen LogP contribution < -0.4 is 5.32 Å². The molecule has 2 aromatic carbocycles. The topological polar surface area (TPSA) is 29.9 Å². The highest BCUT2D eigenvalue weighted by atomic mass is 79.9. The summed E-state index contributed by atoms with van der Waals surface area (Å²) in [4.78, 5) is 4.09. The van der Waals surface area contributed by atoms with Crippen molar-refractivity contribution in [2.45, 2.75) is 6.54 Å². The van der Waals surface area contributed by atoms with Crippen LogP contribution in [0.4, 0.5) is 5.69 Å². The highest BCUT2D eigenvalue weighted by Crippen LogP contribution is 2.24. The number of benzene rings is 2. The molecule has 1 N–H and O–H groups in total. The van der Waals surface area contributed by atoms with Crippen molar-refractivity contribution in [1.29, 1.82) is 0 Å². The zero-order valence-electron chi connectivity index (χ0n) is 11.1. The Morgan fingerprint density at radius 1 is 1.19 bits per heavy atom. The zero-order chi connectivity index (χ0) is 14.7. The van der Waals surface area contributed by atoms with E-state index in [1.54, 1.807) is 12.5 Å². The first kappa shape index (κ1) is 14.2. The van der Waals surface area contributed by atoms with Crippen LogP contribution in [0.3, 0.4) is 0 Å². The molecule has 5 heteroatoms. The number of imidazole rings is 1. The van der Waals surface area contributed by atoms with Gasteiger partial charge in [-0.05, 0) is 35.9 Å². The maximum absolute atomic E-state index is 6.23. The molecule has 0 aliphatic heterocycles. The molecule has 1 aromatic heterocycles. The Kier molecular flexibility index (Phi) is 4.27. The number of para-hydroxylation sites is 2. The van der Waals surface area contributed by atoms with Crippen LogP contribution in [0.15, 0.2) is 65.7 Å². The predicted octanol–water partition coefficient (Wildman–Crippen LogP) is 4.90. The lowest BCUT2D eigenvalue weighted by atomic mass is 10.2. The highest BCUT2D eigenvalue weighted by molar-refractivity contribution is 9.10. The molecule has 0 saturated heterocycles. The second-order valence-electron chi connectivity index (χ2n) is 4.58. The van der Waals surface area contributed by atoms with Crippen molar-refractivity contribution in [2.75, 3.05) is 5.32 Å². The fraction of sp³-hybridized carbons (Fsp3) is 0.0625. The number of anilines is 1. The van der Waals surface area contributed by atoms with Gasteiger partial charge in [0.15, 0.2) is 0 Å². The largest absolute Gasteiger partial charge is 0.379 e. The van der Waals surface area contributed by atoms with Crippen molar-refractivity contribution in [3.8, 4) is 5.69 Å². The van der Waals surface area contributed by atoms with Gasteiger partial charge in [-0.1, -0.05) is 39.7 Å². The Bertz CT molecular complexity index is 741. The van der Waals surface area contributed by atoms with Gasteiger partial charge < -0.3 is 9.88 Å². The van der Waals surface area contributed by atoms with Crippen molar-refractivity contribution in [1.82, 2.24) is 9.55 Å². The summed E-state index contributed by atoms with van der Waals surface area (Å²) in [6, 6.07) is 14.0. The maximum Gasteiger partial charge on any atom is 0.0992 e. The number of aromatic nitrogens is 2. The van der Waals surface area contributed by atoms with E-state index in [0.29, 0.717) is 6.54 Å². The monoisotopic (exact) mass is 361 g/mol. The van der Waals surface area contributed by atoms with Gasteiger partial charge in [0.2, 0.25) is 0 Å². The van der Waals surface area contributed by atoms with Crippen LogP contribution in [0, 0.1) is 0 Å². The van der Waals surface area contributed by atoms with E-state index in [1.165, 1.54) is 0 Å². The maximum atomic E-state index is 6.23. The summed E-state index contributed by atoms with van der Waals surface area (Å²) in [5, 5.41) is 4.19. The van der Waals surface area contributed by atoms with Crippen molar-refractivity contribution in [3.05, 3.63) is 76.2 Å². The van der Waals surface area contributed by atoms with Crippen molar-refractivity contribution in [2.24, 2.45) is 0 Å². The molecule has 0 aliphatic rings. The van der Waals surface area contributed by atoms with Gasteiger partial charge in [0.1, 0.15) is 0 Å². The van der Waals surface area contributed by atoms with Crippen LogP contribution in [-0.2, 0) is 6.54 Å². The SMILES string of the molecule is Clc1ccc(Br)cc1CNc1ccccc1-n1ccnc1. The van der Waals surface area contributed by atoms with Gasteiger partial charge in [0, 0.05) is 28.4 Å². The first-order valence-electron chi connectivity index (χ1n) is 6.49. The molecular formula is C16H13BrClN3. The van der Waals surface area contributed by atoms with E-state index in [1.807, 2.05) is 53.2 Å². The number of hydrogen-bond donors (Lipinski definition) is 1. The summed E-state index contributed by atoms with van der Waals surface area (Å²) in [5.74, 6) is 0. The van der Waals surface area contributed by atoms with Crippen LogP contribution in [0.5, 0.6) is 0 Å². The van der Waals surface area contributed by atoms with Crippen LogP contribution in [-0.4, -0.2) is 9.55 Å². The highest BCUT2D eigenvalue weighted by Gasteiger charge is 2.05. The summed E-state index contributed by atoms with van der Waals surface area (Å²) >= 11 is 9.70. The van der Waals surface area contributed by atoms with Gasteiger partial charge in [-0.25, -0.2) is 4.98 Å². The molecule has 0 aliphatic carbocycles. The second-order valence-corrected chi connectivity index (χ2v) is 5.90. The van der Waals surface area contributed by atoms with Crippen molar-refractivity contribution in [3.63, 3.8) is 0 Å². The number of halogens is 2. The van der Waals surface area contributed by atoms with E-state index in [0.717, 1.165) is 26.4 Å². The van der Waals surface area contributed by atoms with Crippen LogP contribution in [0.1, 0.15) is 5.56 Å². The molecular weight excluding hydrogens is 350 g/mol. The number of rotatable bonds is 4. The molecule has 0 radical (unpaired) electrons. The first-order chi connectivity index (χ1) is 10.2. The van der Waals surface area contributed by atoms with E-state index in [9.17, 15) is 0 Å². The molecule has 0 spiro atoms. The van der Waals surface area contributed by atoms with E-state index in [2.05, 4.69) is 26.2 Å². The lowest BCUT2D eigenvalue weighted by Gasteiger charge is -2.13. The molecule has 21 heavy (non-hydrogen) atoms. The normalized spacial score (nSPS) is 10.6. The molecule has 106 valence electrons. The van der Waals surface area contributed by atoms with Gasteiger partial charge in [0.05, 0.1) is 17.7 Å². The van der Waals surface area contributed by atoms with Gasteiger partial charge in [-0.15, -0.1) is 0 Å². The lowest BCUT2D eigenvalue weighted by Crippen LogP contribution is -2.04. The summed E-state index contributed by atoms with van der Waals surface area (Å²) in [7, 11) is 0. The van der Waals surface area contributed by atoms with E-state index in [4.69, 9.17) is 11.6 Å². The molecule has 3 rings (SSSR count). The summed E-state index contributed by atoms with van der Waals surface area (Å²) in [6.07, 6.45) is 5.47. The number of hydrogen-bond acceptors (Lipinski definition) is 2. The van der Waals surface area contributed by atoms with Gasteiger partial charge in [-0.2, -0.15) is 0 Å². The van der Waals surface area contributed by atoms with E-state index in [-0.39, 0.29) is 0 Å². The molecule has 0 atom stereocenters. The minimum Gasteiger partial charge on any atom is -0.379 e. The van der Waals surface area contributed by atoms with Crippen LogP contribution in [0.25, 0.3) is 5.69 Å². The molecule has 0 unspecified atom stereocenters. The summed E-state index contributed by atoms with van der Waals surface area (Å²) in [6.45, 7) is 0.657. The molecule has 0 bridgehead atoms. The lowest BCUT2D eigenvalue weighted by molar-refractivity contribution is 1.04. The minimum atomic E-state index is 0.657. The smallest absolute Gasteiger partial charge is 0.0992 e. The average Bonchev–Trinajstić information content (AvgIpc) is 3.03. The third-order valence-electron chi connectivity index (χ3n) is 3.16. The Morgan fingerprint density at radius 3 is 2.86 bits per heavy atom. The van der Waals surface area contributed by atoms with Crippen molar-refractivity contribution < 1.29 is 0 Å². The quantitative estimate of drug-likeness (QED) is 0.715. The minimum absolute atomic E-state index is 0.657. The fourth-order valence-electron chi connectivity index (χ4n) is 2.12. The predicted molar refractivity (Wildman–Crippen MR) is 90.0 cm³/mol. The van der Waals surface area contributed by atoms with Crippen LogP contribution in [0.2, 0.25) is 5.02 Å². The molecule has 0 amide bonds. The molecule has 0 saturated carbocycles. The Morgan fingerprint density at radius 2 is 2.05 bits per heavy atom. The Labute approximate surface area is 136 Å². The molecule has 0 fully saturated rings. The molecule has 3 aromatic rings. The number of nitrogens with one attached hydrogen (secondary N) is 1. The van der Waals surface area contributed by atoms with Crippen molar-refractivity contribution >= 4 is 33.2 Å². The van der Waals surface area contributed by atoms with Gasteiger partial charge >= 0.3 is 0 Å². The molecule has 1 heterocycles. The van der Waals surface area contributed by atoms with E-state index >= 15 is 0 Å². The standard InChI is InChI=1S/C16H13BrClN3/c17-13-5-6-14(18)12(9-13)10-20-15-3-1-2-4-16(15)21-8-7-19-11-21/h1-9,11,20H,10H2. The number of nitrogens with zero attached hydrogens (tertiary/aromatic N) is 2. The van der Waals surface area contributed by atoms with Crippen LogP contribution >= 0.6 is 27.5 Å². The molecule has 3 nitrogen and oxygen atoms in total. The summed E-state index contributed by atoms with van der Waals surface area (Å²) in [5.41, 5.74) is 3.14. The van der Waals surface area contributed by atoms with Gasteiger partial charge in [-0.3, -0.25) is 0 Å². The third kappa shape index (κ3) is 3.28. The zero-order valence-corrected chi connectivity index (χ0v) is 13.5. The average molecular weight is 363 g/mol. The van der Waals surface area contributed by atoms with E-state index < -0.39 is 0 Å². The fourth-order valence-corrected chi connectivity index (χ4v) is 2.71. The summed E-state index contributed by atoms with van der Waals surface area (Å²) < 4.78 is 3.00. The Balaban J connectivity index is 1.84. The van der Waals surface area contributed by atoms with Gasteiger partial charge in [0.25, 0.3) is 0 Å². The second kappa shape index (κ2) is 6.33. The first-order valence-corrected chi connectivity index (χ1v) is 7.66. The third-order valence-corrected chi connectivity index (χ3v) is 4.03.